The van der Waals surface area contributed by atoms with E-state index in [2.05, 4.69) is 0 Å². The van der Waals surface area contributed by atoms with Crippen molar-refractivity contribution in [1.82, 2.24) is 4.31 Å². The molecule has 0 aromatic heterocycles. The third kappa shape index (κ3) is 2.81. The predicted octanol–water partition coefficient (Wildman–Crippen LogP) is 0.820. The Balaban J connectivity index is 2.55. The molecule has 1 fully saturated rings. The van der Waals surface area contributed by atoms with E-state index >= 15 is 0 Å². The third-order valence-corrected chi connectivity index (χ3v) is 5.87. The number of benzene rings is 1. The zero-order valence-electron chi connectivity index (χ0n) is 12.2. The summed E-state index contributed by atoms with van der Waals surface area (Å²) in [6, 6.07) is 2.29. The second-order valence-electron chi connectivity index (χ2n) is 5.55. The lowest BCUT2D eigenvalue weighted by Gasteiger charge is -2.23. The summed E-state index contributed by atoms with van der Waals surface area (Å²) in [7, 11) is -3.95. The van der Waals surface area contributed by atoms with Crippen molar-refractivity contribution in [2.45, 2.75) is 44.2 Å². The first kappa shape index (κ1) is 15.9. The number of carboxylic acid groups (broad SMARTS) is 1. The molecule has 0 radical (unpaired) electrons. The molecule has 21 heavy (non-hydrogen) atoms. The molecular formula is C14H19NO5S. The third-order valence-electron chi connectivity index (χ3n) is 3.69. The average molecular weight is 313 g/mol. The fourth-order valence-corrected chi connectivity index (χ4v) is 5.01. The number of carbonyl (C=O) groups is 1. The molecule has 1 aromatic carbocycles. The van der Waals surface area contributed by atoms with E-state index in [1.165, 1.54) is 0 Å². The number of carboxylic acids is 1. The first-order valence-corrected chi connectivity index (χ1v) is 8.09. The number of aryl methyl sites for hydroxylation is 3. The number of rotatable bonds is 3. The summed E-state index contributed by atoms with van der Waals surface area (Å²) in [6.07, 6.45) is -1.04. The smallest absolute Gasteiger partial charge is 0.322 e. The lowest BCUT2D eigenvalue weighted by Crippen LogP contribution is -2.41. The monoisotopic (exact) mass is 313 g/mol. The van der Waals surface area contributed by atoms with Gasteiger partial charge in [-0.2, -0.15) is 4.31 Å². The molecule has 0 aliphatic carbocycles. The van der Waals surface area contributed by atoms with Gasteiger partial charge >= 0.3 is 5.97 Å². The lowest BCUT2D eigenvalue weighted by molar-refractivity contribution is -0.140. The standard InChI is InChI=1S/C14H19NO5S/c1-8-4-9(2)13(10(3)5-8)21(19,20)15-7-11(16)6-12(15)14(17)18/h4-5,11-12,16H,6-7H2,1-3H3,(H,17,18)/t11?,12-/m0/s1. The summed E-state index contributed by atoms with van der Waals surface area (Å²) in [5, 5.41) is 18.8. The van der Waals surface area contributed by atoms with Crippen LogP contribution in [0.5, 0.6) is 0 Å². The molecule has 116 valence electrons. The van der Waals surface area contributed by atoms with Gasteiger partial charge in [-0.05, 0) is 31.9 Å². The molecule has 2 rings (SSSR count). The Morgan fingerprint density at radius 2 is 1.76 bits per heavy atom. The second kappa shape index (κ2) is 5.40. The van der Waals surface area contributed by atoms with Gasteiger partial charge in [-0.15, -0.1) is 0 Å². The number of sulfonamides is 1. The number of β-amino-alcohol motifs (C(OH)–C–C–N with tert-alkyl or cyclic N) is 1. The molecule has 0 amide bonds. The highest BCUT2D eigenvalue weighted by atomic mass is 32.2. The molecule has 1 unspecified atom stereocenters. The summed E-state index contributed by atoms with van der Waals surface area (Å²) < 4.78 is 26.5. The van der Waals surface area contributed by atoms with E-state index in [-0.39, 0.29) is 17.9 Å². The first-order valence-electron chi connectivity index (χ1n) is 6.65. The van der Waals surface area contributed by atoms with Crippen LogP contribution in [-0.2, 0) is 14.8 Å². The van der Waals surface area contributed by atoms with Gasteiger partial charge in [-0.25, -0.2) is 8.42 Å². The van der Waals surface area contributed by atoms with Crippen molar-refractivity contribution in [1.29, 1.82) is 0 Å². The first-order chi connectivity index (χ1) is 9.64. The number of hydrogen-bond acceptors (Lipinski definition) is 4. The Labute approximate surface area is 124 Å². The predicted molar refractivity (Wildman–Crippen MR) is 76.6 cm³/mol. The van der Waals surface area contributed by atoms with Crippen LogP contribution in [-0.4, -0.2) is 47.6 Å². The molecule has 1 saturated heterocycles. The summed E-state index contributed by atoms with van der Waals surface area (Å²) in [5.41, 5.74) is 2.11. The van der Waals surface area contributed by atoms with Crippen molar-refractivity contribution in [3.05, 3.63) is 28.8 Å². The van der Waals surface area contributed by atoms with E-state index in [0.717, 1.165) is 9.87 Å². The van der Waals surface area contributed by atoms with Crippen molar-refractivity contribution < 1.29 is 23.4 Å². The molecule has 1 heterocycles. The molecule has 0 saturated carbocycles. The highest BCUT2D eigenvalue weighted by Crippen LogP contribution is 2.30. The number of nitrogens with zero attached hydrogens (tertiary/aromatic N) is 1. The summed E-state index contributed by atoms with van der Waals surface area (Å²) in [6.45, 7) is 5.06. The zero-order valence-corrected chi connectivity index (χ0v) is 13.0. The maximum atomic E-state index is 12.8. The molecule has 1 aliphatic rings. The topological polar surface area (TPSA) is 94.9 Å². The normalized spacial score (nSPS) is 23.4. The largest absolute Gasteiger partial charge is 0.480 e. The minimum absolute atomic E-state index is 0.0848. The van der Waals surface area contributed by atoms with Crippen LogP contribution in [0.2, 0.25) is 0 Å². The highest BCUT2D eigenvalue weighted by molar-refractivity contribution is 7.89. The Morgan fingerprint density at radius 3 is 2.24 bits per heavy atom. The quantitative estimate of drug-likeness (QED) is 0.861. The van der Waals surface area contributed by atoms with Gasteiger partial charge in [0.1, 0.15) is 6.04 Å². The van der Waals surface area contributed by atoms with E-state index in [1.54, 1.807) is 26.0 Å². The van der Waals surface area contributed by atoms with Crippen LogP contribution in [0.3, 0.4) is 0 Å². The van der Waals surface area contributed by atoms with Crippen LogP contribution in [0, 0.1) is 20.8 Å². The SMILES string of the molecule is Cc1cc(C)c(S(=O)(=O)N2CC(O)C[C@H]2C(=O)O)c(C)c1. The fourth-order valence-electron chi connectivity index (χ4n) is 2.97. The molecular weight excluding hydrogens is 294 g/mol. The van der Waals surface area contributed by atoms with Gasteiger partial charge in [0.05, 0.1) is 11.0 Å². The van der Waals surface area contributed by atoms with Crippen LogP contribution in [0.1, 0.15) is 23.1 Å². The van der Waals surface area contributed by atoms with Crippen LogP contribution in [0.15, 0.2) is 17.0 Å². The fraction of sp³-hybridized carbons (Fsp3) is 0.500. The van der Waals surface area contributed by atoms with Gasteiger partial charge < -0.3 is 10.2 Å². The summed E-state index contributed by atoms with van der Waals surface area (Å²) in [4.78, 5) is 11.4. The Bertz CT molecular complexity index is 660. The van der Waals surface area contributed by atoms with Crippen molar-refractivity contribution in [2.24, 2.45) is 0 Å². The minimum atomic E-state index is -3.95. The van der Waals surface area contributed by atoms with Crippen LogP contribution in [0.25, 0.3) is 0 Å². The van der Waals surface area contributed by atoms with Gasteiger partial charge in [-0.1, -0.05) is 17.7 Å². The van der Waals surface area contributed by atoms with Crippen LogP contribution < -0.4 is 0 Å². The molecule has 7 heteroatoms. The molecule has 0 spiro atoms. The van der Waals surface area contributed by atoms with Gasteiger partial charge in [0.2, 0.25) is 10.0 Å². The maximum Gasteiger partial charge on any atom is 0.322 e. The van der Waals surface area contributed by atoms with E-state index in [4.69, 9.17) is 0 Å². The van der Waals surface area contributed by atoms with Gasteiger partial charge in [0.25, 0.3) is 0 Å². The summed E-state index contributed by atoms with van der Waals surface area (Å²) in [5.74, 6) is -1.24. The second-order valence-corrected chi connectivity index (χ2v) is 7.37. The highest BCUT2D eigenvalue weighted by Gasteiger charge is 2.44. The molecule has 1 aliphatic heterocycles. The average Bonchev–Trinajstić information content (AvgIpc) is 2.70. The van der Waals surface area contributed by atoms with E-state index in [9.17, 15) is 23.4 Å². The molecule has 1 aromatic rings. The van der Waals surface area contributed by atoms with Crippen LogP contribution >= 0.6 is 0 Å². The lowest BCUT2D eigenvalue weighted by atomic mass is 10.1. The molecule has 0 bridgehead atoms. The summed E-state index contributed by atoms with van der Waals surface area (Å²) >= 11 is 0. The number of hydrogen-bond donors (Lipinski definition) is 2. The molecule has 6 nitrogen and oxygen atoms in total. The zero-order chi connectivity index (χ0) is 15.9. The Morgan fingerprint density at radius 1 is 1.24 bits per heavy atom. The molecule has 2 N–H and O–H groups in total. The van der Waals surface area contributed by atoms with Crippen LogP contribution in [0.4, 0.5) is 0 Å². The molecule has 2 atom stereocenters. The van der Waals surface area contributed by atoms with Crippen molar-refractivity contribution in [3.8, 4) is 0 Å². The van der Waals surface area contributed by atoms with Gasteiger partial charge in [-0.3, -0.25) is 4.79 Å². The van der Waals surface area contributed by atoms with Crippen molar-refractivity contribution in [2.75, 3.05) is 6.54 Å². The van der Waals surface area contributed by atoms with Gasteiger partial charge in [0.15, 0.2) is 0 Å². The van der Waals surface area contributed by atoms with E-state index < -0.39 is 28.1 Å². The van der Waals surface area contributed by atoms with E-state index in [0.29, 0.717) is 11.1 Å². The number of aliphatic hydroxyl groups excluding tert-OH is 1. The van der Waals surface area contributed by atoms with Crippen molar-refractivity contribution >= 4 is 16.0 Å². The maximum absolute atomic E-state index is 12.8. The minimum Gasteiger partial charge on any atom is -0.480 e. The number of aliphatic carboxylic acids is 1. The van der Waals surface area contributed by atoms with Crippen molar-refractivity contribution in [3.63, 3.8) is 0 Å². The Kier molecular flexibility index (Phi) is 4.10. The Hall–Kier alpha value is -1.44. The van der Waals surface area contributed by atoms with Gasteiger partial charge in [0, 0.05) is 13.0 Å². The van der Waals surface area contributed by atoms with E-state index in [1.807, 2.05) is 6.92 Å². The number of aliphatic hydroxyl groups is 1.